The maximum Gasteiger partial charge on any atom is 0.272 e. The Balaban J connectivity index is 2.24. The van der Waals surface area contributed by atoms with Crippen LogP contribution in [0.1, 0.15) is 18.5 Å². The summed E-state index contributed by atoms with van der Waals surface area (Å²) in [7, 11) is -3.51. The van der Waals surface area contributed by atoms with E-state index in [1.54, 1.807) is 13.1 Å². The van der Waals surface area contributed by atoms with Gasteiger partial charge in [-0.15, -0.1) is 0 Å². The van der Waals surface area contributed by atoms with Gasteiger partial charge < -0.3 is 5.32 Å². The Morgan fingerprint density at radius 3 is 2.94 bits per heavy atom. The molecule has 0 bridgehead atoms. The highest BCUT2D eigenvalue weighted by Gasteiger charge is 2.39. The topological polar surface area (TPSA) is 68.3 Å². The maximum atomic E-state index is 11.9. The van der Waals surface area contributed by atoms with Crippen LogP contribution in [0.25, 0.3) is 0 Å². The predicted octanol–water partition coefficient (Wildman–Crippen LogP) is 0.503. The van der Waals surface area contributed by atoms with Crippen molar-refractivity contribution in [3.05, 3.63) is 30.1 Å². The van der Waals surface area contributed by atoms with E-state index in [0.29, 0.717) is 13.1 Å². The number of hydrogen-bond donors (Lipinski definition) is 1. The second kappa shape index (κ2) is 5.12. The zero-order chi connectivity index (χ0) is 12.3. The van der Waals surface area contributed by atoms with Crippen molar-refractivity contribution in [1.82, 2.24) is 10.3 Å². The molecule has 2 rings (SSSR count). The van der Waals surface area contributed by atoms with Crippen LogP contribution in [0.3, 0.4) is 0 Å². The number of nitrogens with zero attached hydrogens (tertiary/aromatic N) is 1. The summed E-state index contributed by atoms with van der Waals surface area (Å²) in [4.78, 5) is 4.22. The van der Waals surface area contributed by atoms with Gasteiger partial charge in [-0.2, -0.15) is 8.42 Å². The summed E-state index contributed by atoms with van der Waals surface area (Å²) < 4.78 is 28.7. The minimum atomic E-state index is -3.51. The monoisotopic (exact) mass is 256 g/mol. The molecule has 0 saturated carbocycles. The van der Waals surface area contributed by atoms with Gasteiger partial charge in [0.25, 0.3) is 10.1 Å². The van der Waals surface area contributed by atoms with E-state index in [2.05, 4.69) is 10.3 Å². The van der Waals surface area contributed by atoms with Crippen LogP contribution in [0.5, 0.6) is 0 Å². The van der Waals surface area contributed by atoms with Gasteiger partial charge in [0, 0.05) is 30.9 Å². The molecule has 1 N–H and O–H groups in total. The number of nitrogens with one attached hydrogen (secondary N) is 1. The smallest absolute Gasteiger partial charge is 0.272 e. The second-order valence-corrected chi connectivity index (χ2v) is 5.78. The Morgan fingerprint density at radius 2 is 2.29 bits per heavy atom. The van der Waals surface area contributed by atoms with E-state index in [4.69, 9.17) is 4.18 Å². The van der Waals surface area contributed by atoms with E-state index in [1.165, 1.54) is 0 Å². The molecular weight excluding hydrogens is 240 g/mol. The minimum Gasteiger partial charge on any atom is -0.315 e. The van der Waals surface area contributed by atoms with Gasteiger partial charge >= 0.3 is 0 Å². The Bertz CT molecular complexity index is 461. The molecule has 0 aliphatic carbocycles. The van der Waals surface area contributed by atoms with Crippen molar-refractivity contribution in [2.24, 2.45) is 0 Å². The predicted molar refractivity (Wildman–Crippen MR) is 64.2 cm³/mol. The summed E-state index contributed by atoms with van der Waals surface area (Å²) in [5.74, 6) is -0.132. The number of aromatic nitrogens is 1. The Morgan fingerprint density at radius 1 is 1.47 bits per heavy atom. The zero-order valence-electron chi connectivity index (χ0n) is 9.67. The average molecular weight is 256 g/mol. The van der Waals surface area contributed by atoms with Gasteiger partial charge in [0.2, 0.25) is 0 Å². The first-order valence-corrected chi connectivity index (χ1v) is 7.12. The lowest BCUT2D eigenvalue weighted by molar-refractivity contribution is 0.329. The SMILES string of the molecule is CCOS(=O)(=O)C1CNCC1c1ccccn1. The standard InChI is InChI=1S/C11H16N2O3S/c1-2-16-17(14,15)11-8-12-7-9(11)10-5-3-4-6-13-10/h3-6,9,11-12H,2,7-8H2,1H3. The molecule has 0 amide bonds. The van der Waals surface area contributed by atoms with Crippen LogP contribution in [0.2, 0.25) is 0 Å². The van der Waals surface area contributed by atoms with Gasteiger partial charge in [0.15, 0.2) is 0 Å². The molecule has 1 saturated heterocycles. The first kappa shape index (κ1) is 12.5. The first-order valence-electron chi connectivity index (χ1n) is 5.65. The van der Waals surface area contributed by atoms with Gasteiger partial charge in [-0.1, -0.05) is 6.07 Å². The van der Waals surface area contributed by atoms with E-state index in [0.717, 1.165) is 5.69 Å². The lowest BCUT2D eigenvalue weighted by Gasteiger charge is -2.17. The second-order valence-electron chi connectivity index (χ2n) is 3.96. The first-order chi connectivity index (χ1) is 8.15. The van der Waals surface area contributed by atoms with Crippen molar-refractivity contribution in [3.63, 3.8) is 0 Å². The molecule has 0 aromatic carbocycles. The van der Waals surface area contributed by atoms with E-state index < -0.39 is 15.4 Å². The molecule has 1 aliphatic rings. The summed E-state index contributed by atoms with van der Waals surface area (Å²) in [6, 6.07) is 5.54. The molecule has 2 atom stereocenters. The zero-order valence-corrected chi connectivity index (χ0v) is 10.5. The van der Waals surface area contributed by atoms with Gasteiger partial charge in [-0.25, -0.2) is 0 Å². The number of rotatable bonds is 4. The van der Waals surface area contributed by atoms with Crippen molar-refractivity contribution in [3.8, 4) is 0 Å². The lowest BCUT2D eigenvalue weighted by atomic mass is 10.0. The van der Waals surface area contributed by atoms with Crippen molar-refractivity contribution >= 4 is 10.1 Å². The molecule has 1 fully saturated rings. The van der Waals surface area contributed by atoms with Crippen LogP contribution in [0.15, 0.2) is 24.4 Å². The molecule has 0 spiro atoms. The summed E-state index contributed by atoms with van der Waals surface area (Å²) in [5, 5.41) is 2.54. The van der Waals surface area contributed by atoms with Crippen LogP contribution < -0.4 is 5.32 Å². The van der Waals surface area contributed by atoms with E-state index in [9.17, 15) is 8.42 Å². The van der Waals surface area contributed by atoms with Gasteiger partial charge in [-0.3, -0.25) is 9.17 Å². The van der Waals surface area contributed by atoms with Crippen molar-refractivity contribution in [1.29, 1.82) is 0 Å². The van der Waals surface area contributed by atoms with Crippen molar-refractivity contribution < 1.29 is 12.6 Å². The summed E-state index contributed by atoms with van der Waals surface area (Å²) >= 11 is 0. The molecule has 17 heavy (non-hydrogen) atoms. The van der Waals surface area contributed by atoms with Crippen molar-refractivity contribution in [2.75, 3.05) is 19.7 Å². The van der Waals surface area contributed by atoms with Gasteiger partial charge in [0.05, 0.1) is 6.61 Å². The maximum absolute atomic E-state index is 11.9. The summed E-state index contributed by atoms with van der Waals surface area (Å²) in [6.45, 7) is 2.89. The van der Waals surface area contributed by atoms with Crippen LogP contribution in [-0.4, -0.2) is 38.3 Å². The third-order valence-electron chi connectivity index (χ3n) is 2.88. The highest BCUT2D eigenvalue weighted by molar-refractivity contribution is 7.87. The molecule has 6 heteroatoms. The Kier molecular flexibility index (Phi) is 3.76. The fourth-order valence-electron chi connectivity index (χ4n) is 2.10. The normalized spacial score (nSPS) is 25.0. The number of hydrogen-bond acceptors (Lipinski definition) is 5. The molecule has 1 aliphatic heterocycles. The van der Waals surface area contributed by atoms with E-state index in [-0.39, 0.29) is 12.5 Å². The van der Waals surface area contributed by atoms with Crippen LogP contribution in [0, 0.1) is 0 Å². The Labute approximate surface area is 101 Å². The van der Waals surface area contributed by atoms with Gasteiger partial charge in [0.1, 0.15) is 5.25 Å². The molecule has 2 heterocycles. The number of pyridine rings is 1. The average Bonchev–Trinajstić information content (AvgIpc) is 2.79. The highest BCUT2D eigenvalue weighted by atomic mass is 32.2. The summed E-state index contributed by atoms with van der Waals surface area (Å²) in [5.41, 5.74) is 0.797. The van der Waals surface area contributed by atoms with Crippen LogP contribution in [0.4, 0.5) is 0 Å². The Hall–Kier alpha value is -0.980. The molecule has 94 valence electrons. The third kappa shape index (κ3) is 2.65. The van der Waals surface area contributed by atoms with Gasteiger partial charge in [-0.05, 0) is 19.1 Å². The van der Waals surface area contributed by atoms with E-state index >= 15 is 0 Å². The van der Waals surface area contributed by atoms with E-state index in [1.807, 2.05) is 18.2 Å². The lowest BCUT2D eigenvalue weighted by Crippen LogP contribution is -2.30. The summed E-state index contributed by atoms with van der Waals surface area (Å²) in [6.07, 6.45) is 1.68. The molecule has 0 radical (unpaired) electrons. The molecule has 2 unspecified atom stereocenters. The largest absolute Gasteiger partial charge is 0.315 e. The fraction of sp³-hybridized carbons (Fsp3) is 0.545. The third-order valence-corrected chi connectivity index (χ3v) is 4.68. The van der Waals surface area contributed by atoms with Crippen LogP contribution in [-0.2, 0) is 14.3 Å². The molecule has 1 aromatic rings. The molecule has 5 nitrogen and oxygen atoms in total. The molecule has 1 aromatic heterocycles. The van der Waals surface area contributed by atoms with Crippen LogP contribution >= 0.6 is 0 Å². The fourth-order valence-corrected chi connectivity index (χ4v) is 3.56. The highest BCUT2D eigenvalue weighted by Crippen LogP contribution is 2.27. The van der Waals surface area contributed by atoms with Crippen molar-refractivity contribution in [2.45, 2.75) is 18.1 Å². The molecular formula is C11H16N2O3S. The quantitative estimate of drug-likeness (QED) is 0.795. The minimum absolute atomic E-state index is 0.132.